The minimum Gasteiger partial charge on any atom is -0.454 e. The molecular weight excluding hydrogens is 356 g/mol. The van der Waals surface area contributed by atoms with Crippen LogP contribution in [0, 0.1) is 10.1 Å². The van der Waals surface area contributed by atoms with E-state index in [0.29, 0.717) is 6.54 Å². The van der Waals surface area contributed by atoms with Gasteiger partial charge in [0.2, 0.25) is 6.79 Å². The number of rotatable bonds is 5. The molecule has 1 fully saturated rings. The second kappa shape index (κ2) is 7.81. The van der Waals surface area contributed by atoms with E-state index < -0.39 is 22.7 Å². The lowest BCUT2D eigenvalue weighted by Gasteiger charge is -2.36. The van der Waals surface area contributed by atoms with Gasteiger partial charge in [0.1, 0.15) is 5.56 Å². The summed E-state index contributed by atoms with van der Waals surface area (Å²) in [6.07, 6.45) is 2.71. The van der Waals surface area contributed by atoms with Crippen molar-refractivity contribution in [3.8, 4) is 11.5 Å². The molecule has 1 aromatic rings. The molecule has 1 amide bonds. The van der Waals surface area contributed by atoms with Gasteiger partial charge in [-0.15, -0.1) is 0 Å². The number of carbonyl (C=O) groups excluding carboxylic acids is 2. The second-order valence-corrected chi connectivity index (χ2v) is 6.62. The Morgan fingerprint density at radius 1 is 1.33 bits per heavy atom. The number of ether oxygens (including phenoxy) is 3. The summed E-state index contributed by atoms with van der Waals surface area (Å²) in [6.45, 7) is 4.06. The molecule has 2 atom stereocenters. The summed E-state index contributed by atoms with van der Waals surface area (Å²) in [5.74, 6) is -0.792. The Hall–Kier alpha value is -2.84. The van der Waals surface area contributed by atoms with Crippen LogP contribution in [0.5, 0.6) is 11.5 Å². The van der Waals surface area contributed by atoms with Crippen LogP contribution < -0.4 is 9.47 Å². The lowest BCUT2D eigenvalue weighted by atomic mass is 9.99. The van der Waals surface area contributed by atoms with E-state index in [4.69, 9.17) is 14.2 Å². The molecule has 2 heterocycles. The summed E-state index contributed by atoms with van der Waals surface area (Å²) < 4.78 is 15.5. The molecule has 1 aromatic carbocycles. The van der Waals surface area contributed by atoms with Crippen LogP contribution in [0.2, 0.25) is 0 Å². The zero-order valence-electron chi connectivity index (χ0n) is 15.3. The molecule has 0 bridgehead atoms. The summed E-state index contributed by atoms with van der Waals surface area (Å²) in [6, 6.07) is 2.48. The van der Waals surface area contributed by atoms with E-state index in [0.717, 1.165) is 31.7 Å². The molecule has 0 aliphatic carbocycles. The molecule has 0 radical (unpaired) electrons. The Kier molecular flexibility index (Phi) is 5.48. The van der Waals surface area contributed by atoms with Gasteiger partial charge in [0, 0.05) is 18.7 Å². The third-order valence-electron chi connectivity index (χ3n) is 4.92. The first-order chi connectivity index (χ1) is 12.9. The van der Waals surface area contributed by atoms with Crippen LogP contribution in [0.1, 0.15) is 49.9 Å². The smallest absolute Gasteiger partial charge is 0.346 e. The Balaban J connectivity index is 1.76. The number of benzene rings is 1. The van der Waals surface area contributed by atoms with Crippen molar-refractivity contribution in [1.29, 1.82) is 0 Å². The first-order valence-electron chi connectivity index (χ1n) is 9.01. The molecule has 2 aliphatic rings. The Morgan fingerprint density at radius 3 is 2.70 bits per heavy atom. The van der Waals surface area contributed by atoms with Gasteiger partial charge in [-0.05, 0) is 32.6 Å². The highest BCUT2D eigenvalue weighted by Gasteiger charge is 2.33. The van der Waals surface area contributed by atoms with E-state index in [2.05, 4.69) is 0 Å². The van der Waals surface area contributed by atoms with Crippen molar-refractivity contribution < 1.29 is 28.7 Å². The van der Waals surface area contributed by atoms with Crippen molar-refractivity contribution in [1.82, 2.24) is 4.90 Å². The van der Waals surface area contributed by atoms with Crippen LogP contribution in [-0.4, -0.2) is 47.2 Å². The van der Waals surface area contributed by atoms with Crippen molar-refractivity contribution in [2.24, 2.45) is 0 Å². The van der Waals surface area contributed by atoms with Crippen molar-refractivity contribution in [2.45, 2.75) is 51.7 Å². The van der Waals surface area contributed by atoms with E-state index in [1.807, 2.05) is 6.92 Å². The van der Waals surface area contributed by atoms with Crippen LogP contribution in [0.15, 0.2) is 12.1 Å². The molecule has 1 saturated heterocycles. The molecule has 0 spiro atoms. The highest BCUT2D eigenvalue weighted by molar-refractivity contribution is 5.96. The van der Waals surface area contributed by atoms with E-state index in [9.17, 15) is 19.7 Å². The van der Waals surface area contributed by atoms with Crippen LogP contribution in [0.3, 0.4) is 0 Å². The summed E-state index contributed by atoms with van der Waals surface area (Å²) in [4.78, 5) is 37.6. The van der Waals surface area contributed by atoms with Gasteiger partial charge in [-0.3, -0.25) is 14.9 Å². The largest absolute Gasteiger partial charge is 0.454 e. The molecule has 146 valence electrons. The number of esters is 1. The van der Waals surface area contributed by atoms with Gasteiger partial charge < -0.3 is 19.1 Å². The quantitative estimate of drug-likeness (QED) is 0.440. The van der Waals surface area contributed by atoms with Gasteiger partial charge in [-0.1, -0.05) is 6.92 Å². The lowest BCUT2D eigenvalue weighted by Crippen LogP contribution is -2.48. The number of hydrogen-bond acceptors (Lipinski definition) is 7. The third kappa shape index (κ3) is 3.81. The molecule has 2 unspecified atom stereocenters. The van der Waals surface area contributed by atoms with E-state index in [1.54, 1.807) is 4.90 Å². The number of carbonyl (C=O) groups is 2. The average Bonchev–Trinajstić information content (AvgIpc) is 3.13. The second-order valence-electron chi connectivity index (χ2n) is 6.62. The lowest BCUT2D eigenvalue weighted by molar-refractivity contribution is -0.385. The third-order valence-corrected chi connectivity index (χ3v) is 4.92. The maximum absolute atomic E-state index is 12.7. The maximum Gasteiger partial charge on any atom is 0.346 e. The summed E-state index contributed by atoms with van der Waals surface area (Å²) in [7, 11) is 0. The number of fused-ring (bicyclic) bond motifs is 1. The monoisotopic (exact) mass is 378 g/mol. The van der Waals surface area contributed by atoms with Crippen molar-refractivity contribution in [2.75, 3.05) is 13.3 Å². The molecule has 0 N–H and O–H groups in total. The van der Waals surface area contributed by atoms with Gasteiger partial charge in [-0.2, -0.15) is 0 Å². The number of amides is 1. The normalized spacial score (nSPS) is 19.5. The predicted octanol–water partition coefficient (Wildman–Crippen LogP) is 2.66. The topological polar surface area (TPSA) is 108 Å². The molecule has 27 heavy (non-hydrogen) atoms. The van der Waals surface area contributed by atoms with E-state index in [1.165, 1.54) is 13.0 Å². The number of nitro benzene ring substituents is 1. The Labute approximate surface area is 156 Å². The molecule has 0 aromatic heterocycles. The fourth-order valence-corrected chi connectivity index (χ4v) is 3.47. The summed E-state index contributed by atoms with van der Waals surface area (Å²) >= 11 is 0. The van der Waals surface area contributed by atoms with Crippen molar-refractivity contribution in [3.63, 3.8) is 0 Å². The molecule has 9 heteroatoms. The fourth-order valence-electron chi connectivity index (χ4n) is 3.47. The van der Waals surface area contributed by atoms with Crippen LogP contribution >= 0.6 is 0 Å². The zero-order chi connectivity index (χ0) is 19.6. The standard InChI is InChI=1S/C18H22N2O7/c1-3-12-6-4-5-7-19(12)17(21)11(2)27-18(22)13-8-15-16(26-10-25-15)9-14(13)20(23)24/h8-9,11-12H,3-7,10H2,1-2H3. The Morgan fingerprint density at radius 2 is 2.04 bits per heavy atom. The highest BCUT2D eigenvalue weighted by Crippen LogP contribution is 2.38. The number of nitro groups is 1. The SMILES string of the molecule is CCC1CCCCN1C(=O)C(C)OC(=O)c1cc2c(cc1[N+](=O)[O-])OCO2. The molecule has 3 rings (SSSR count). The van der Waals surface area contributed by atoms with E-state index in [-0.39, 0.29) is 35.8 Å². The molecule has 0 saturated carbocycles. The summed E-state index contributed by atoms with van der Waals surface area (Å²) in [5.41, 5.74) is -0.720. The van der Waals surface area contributed by atoms with Gasteiger partial charge in [0.05, 0.1) is 11.0 Å². The predicted molar refractivity (Wildman–Crippen MR) is 93.7 cm³/mol. The zero-order valence-corrected chi connectivity index (χ0v) is 15.3. The van der Waals surface area contributed by atoms with E-state index >= 15 is 0 Å². The van der Waals surface area contributed by atoms with Crippen LogP contribution in [0.25, 0.3) is 0 Å². The van der Waals surface area contributed by atoms with Crippen molar-refractivity contribution >= 4 is 17.6 Å². The first kappa shape index (κ1) is 18.9. The van der Waals surface area contributed by atoms with Gasteiger partial charge in [0.25, 0.3) is 11.6 Å². The average molecular weight is 378 g/mol. The van der Waals surface area contributed by atoms with Gasteiger partial charge in [0.15, 0.2) is 17.6 Å². The molecular formula is C18H22N2O7. The number of piperidine rings is 1. The summed E-state index contributed by atoms with van der Waals surface area (Å²) in [5, 5.41) is 11.3. The number of hydrogen-bond donors (Lipinski definition) is 0. The van der Waals surface area contributed by atoms with Crippen molar-refractivity contribution in [3.05, 3.63) is 27.8 Å². The Bertz CT molecular complexity index is 764. The van der Waals surface area contributed by atoms with Crippen LogP contribution in [0.4, 0.5) is 5.69 Å². The highest BCUT2D eigenvalue weighted by atomic mass is 16.7. The molecule has 2 aliphatic heterocycles. The first-order valence-corrected chi connectivity index (χ1v) is 9.01. The van der Waals surface area contributed by atoms with Gasteiger partial charge >= 0.3 is 5.97 Å². The number of likely N-dealkylation sites (tertiary alicyclic amines) is 1. The van der Waals surface area contributed by atoms with Crippen LogP contribution in [-0.2, 0) is 9.53 Å². The number of nitrogens with zero attached hydrogens (tertiary/aromatic N) is 2. The minimum atomic E-state index is -1.03. The molecule has 9 nitrogen and oxygen atoms in total. The fraction of sp³-hybridized carbons (Fsp3) is 0.556. The maximum atomic E-state index is 12.7. The van der Waals surface area contributed by atoms with Gasteiger partial charge in [-0.25, -0.2) is 4.79 Å². The minimum absolute atomic E-state index is 0.0761.